The van der Waals surface area contributed by atoms with Crippen LogP contribution in [0.4, 0.5) is 0 Å². The maximum atomic E-state index is 6.08. The number of hydrogen-bond acceptors (Lipinski definition) is 2. The van der Waals surface area contributed by atoms with Crippen LogP contribution in [0.1, 0.15) is 30.5 Å². The molecule has 2 heterocycles. The molecule has 0 spiro atoms. The molecule has 1 saturated heterocycles. The number of hydrogen-bond donors (Lipinski definition) is 0. The van der Waals surface area contributed by atoms with Crippen LogP contribution in [0.25, 0.3) is 0 Å². The molecule has 1 aromatic heterocycles. The molecule has 106 valence electrons. The molecule has 2 aromatic rings. The van der Waals surface area contributed by atoms with Crippen molar-refractivity contribution in [1.82, 2.24) is 14.7 Å². The Hall–Kier alpha value is -1.32. The highest BCUT2D eigenvalue weighted by Gasteiger charge is 2.24. The highest BCUT2D eigenvalue weighted by molar-refractivity contribution is 6.30. The fourth-order valence-electron chi connectivity index (χ4n) is 2.90. The van der Waals surface area contributed by atoms with Gasteiger partial charge in [-0.2, -0.15) is 5.10 Å². The minimum absolute atomic E-state index is 0.599. The van der Waals surface area contributed by atoms with Crippen molar-refractivity contribution in [2.45, 2.75) is 32.4 Å². The molecule has 1 aromatic carbocycles. The normalized spacial score (nSPS) is 19.6. The molecule has 20 heavy (non-hydrogen) atoms. The van der Waals surface area contributed by atoms with E-state index in [-0.39, 0.29) is 0 Å². The number of likely N-dealkylation sites (tertiary alicyclic amines) is 1. The van der Waals surface area contributed by atoms with Gasteiger partial charge in [0, 0.05) is 30.9 Å². The van der Waals surface area contributed by atoms with E-state index < -0.39 is 0 Å². The zero-order chi connectivity index (χ0) is 13.9. The van der Waals surface area contributed by atoms with Gasteiger partial charge in [0.1, 0.15) is 0 Å². The SMILES string of the molecule is CCn1ccc(CN2CC[C@H](c3cccc(Cl)c3)C2)n1. The lowest BCUT2D eigenvalue weighted by Crippen LogP contribution is -2.20. The van der Waals surface area contributed by atoms with Crippen LogP contribution in [0.3, 0.4) is 0 Å². The summed E-state index contributed by atoms with van der Waals surface area (Å²) in [6.07, 6.45) is 3.26. The minimum atomic E-state index is 0.599. The lowest BCUT2D eigenvalue weighted by atomic mass is 9.99. The van der Waals surface area contributed by atoms with Gasteiger partial charge < -0.3 is 0 Å². The van der Waals surface area contributed by atoms with E-state index >= 15 is 0 Å². The van der Waals surface area contributed by atoms with E-state index in [4.69, 9.17) is 11.6 Å². The van der Waals surface area contributed by atoms with Gasteiger partial charge in [-0.15, -0.1) is 0 Å². The average Bonchev–Trinajstić information content (AvgIpc) is 3.08. The number of benzene rings is 1. The Morgan fingerprint density at radius 1 is 1.35 bits per heavy atom. The fourth-order valence-corrected chi connectivity index (χ4v) is 3.10. The highest BCUT2D eigenvalue weighted by Crippen LogP contribution is 2.29. The molecule has 0 N–H and O–H groups in total. The molecule has 1 aliphatic rings. The minimum Gasteiger partial charge on any atom is -0.297 e. The third-order valence-electron chi connectivity index (χ3n) is 4.00. The Kier molecular flexibility index (Phi) is 4.08. The first-order valence-electron chi connectivity index (χ1n) is 7.24. The molecule has 3 nitrogen and oxygen atoms in total. The van der Waals surface area contributed by atoms with Crippen LogP contribution in [-0.2, 0) is 13.1 Å². The van der Waals surface area contributed by atoms with Gasteiger partial charge in [-0.3, -0.25) is 9.58 Å². The van der Waals surface area contributed by atoms with Gasteiger partial charge in [-0.1, -0.05) is 23.7 Å². The first kappa shape index (κ1) is 13.7. The Labute approximate surface area is 125 Å². The Morgan fingerprint density at radius 2 is 2.25 bits per heavy atom. The number of rotatable bonds is 4. The van der Waals surface area contributed by atoms with Gasteiger partial charge >= 0.3 is 0 Å². The number of halogens is 1. The zero-order valence-corrected chi connectivity index (χ0v) is 12.6. The highest BCUT2D eigenvalue weighted by atomic mass is 35.5. The summed E-state index contributed by atoms with van der Waals surface area (Å²) >= 11 is 6.08. The van der Waals surface area contributed by atoms with Gasteiger partial charge in [0.25, 0.3) is 0 Å². The van der Waals surface area contributed by atoms with E-state index in [9.17, 15) is 0 Å². The molecule has 0 unspecified atom stereocenters. The number of aromatic nitrogens is 2. The predicted octanol–water partition coefficient (Wildman–Crippen LogP) is 3.55. The second-order valence-corrected chi connectivity index (χ2v) is 5.87. The van der Waals surface area contributed by atoms with E-state index in [2.05, 4.69) is 41.3 Å². The summed E-state index contributed by atoms with van der Waals surface area (Å²) in [6, 6.07) is 10.4. The summed E-state index contributed by atoms with van der Waals surface area (Å²) in [6.45, 7) is 6.23. The van der Waals surface area contributed by atoms with Crippen molar-refractivity contribution in [1.29, 1.82) is 0 Å². The fraction of sp³-hybridized carbons (Fsp3) is 0.438. The second-order valence-electron chi connectivity index (χ2n) is 5.44. The van der Waals surface area contributed by atoms with Crippen molar-refractivity contribution in [3.8, 4) is 0 Å². The van der Waals surface area contributed by atoms with Crippen LogP contribution in [0, 0.1) is 0 Å². The van der Waals surface area contributed by atoms with Crippen LogP contribution >= 0.6 is 11.6 Å². The largest absolute Gasteiger partial charge is 0.297 e. The molecule has 1 aliphatic heterocycles. The molecule has 0 radical (unpaired) electrons. The molecule has 0 saturated carbocycles. The Balaban J connectivity index is 1.62. The molecule has 0 aliphatic carbocycles. The quantitative estimate of drug-likeness (QED) is 0.858. The predicted molar refractivity (Wildman–Crippen MR) is 82.0 cm³/mol. The maximum Gasteiger partial charge on any atom is 0.0764 e. The molecule has 1 fully saturated rings. The average molecular weight is 290 g/mol. The molecule has 0 bridgehead atoms. The molecular weight excluding hydrogens is 270 g/mol. The lowest BCUT2D eigenvalue weighted by molar-refractivity contribution is 0.321. The molecule has 3 rings (SSSR count). The number of nitrogens with zero attached hydrogens (tertiary/aromatic N) is 3. The van der Waals surface area contributed by atoms with Crippen LogP contribution in [-0.4, -0.2) is 27.8 Å². The lowest BCUT2D eigenvalue weighted by Gasteiger charge is -2.15. The summed E-state index contributed by atoms with van der Waals surface area (Å²) in [5, 5.41) is 5.39. The van der Waals surface area contributed by atoms with Crippen molar-refractivity contribution in [2.75, 3.05) is 13.1 Å². The first-order valence-corrected chi connectivity index (χ1v) is 7.62. The molecule has 4 heteroatoms. The van der Waals surface area contributed by atoms with Gasteiger partial charge in [0.05, 0.1) is 5.69 Å². The smallest absolute Gasteiger partial charge is 0.0764 e. The van der Waals surface area contributed by atoms with E-state index in [1.807, 2.05) is 16.8 Å². The maximum absolute atomic E-state index is 6.08. The van der Waals surface area contributed by atoms with Crippen LogP contribution in [0.15, 0.2) is 36.5 Å². The molecular formula is C16H20ClN3. The van der Waals surface area contributed by atoms with Crippen molar-refractivity contribution in [2.24, 2.45) is 0 Å². The standard InChI is InChI=1S/C16H20ClN3/c1-2-20-9-7-16(18-20)12-19-8-6-14(11-19)13-4-3-5-15(17)10-13/h3-5,7,9-10,14H,2,6,8,11-12H2,1H3/t14-/m0/s1. The van der Waals surface area contributed by atoms with Gasteiger partial charge in [0.2, 0.25) is 0 Å². The first-order chi connectivity index (χ1) is 9.74. The molecule has 1 atom stereocenters. The van der Waals surface area contributed by atoms with Crippen molar-refractivity contribution >= 4 is 11.6 Å². The third kappa shape index (κ3) is 3.05. The topological polar surface area (TPSA) is 21.1 Å². The van der Waals surface area contributed by atoms with Crippen molar-refractivity contribution in [3.05, 3.63) is 52.8 Å². The number of aryl methyl sites for hydroxylation is 1. The molecule has 0 amide bonds. The van der Waals surface area contributed by atoms with E-state index in [1.54, 1.807) is 0 Å². The van der Waals surface area contributed by atoms with E-state index in [0.29, 0.717) is 5.92 Å². The Bertz CT molecular complexity index is 579. The van der Waals surface area contributed by atoms with E-state index in [1.165, 1.54) is 17.7 Å². The van der Waals surface area contributed by atoms with Crippen LogP contribution < -0.4 is 0 Å². The summed E-state index contributed by atoms with van der Waals surface area (Å²) in [7, 11) is 0. The van der Waals surface area contributed by atoms with Crippen LogP contribution in [0.2, 0.25) is 5.02 Å². The van der Waals surface area contributed by atoms with E-state index in [0.717, 1.165) is 31.2 Å². The monoisotopic (exact) mass is 289 g/mol. The van der Waals surface area contributed by atoms with Gasteiger partial charge in [-0.05, 0) is 49.6 Å². The summed E-state index contributed by atoms with van der Waals surface area (Å²) < 4.78 is 1.99. The summed E-state index contributed by atoms with van der Waals surface area (Å²) in [5.41, 5.74) is 2.53. The van der Waals surface area contributed by atoms with Crippen molar-refractivity contribution < 1.29 is 0 Å². The summed E-state index contributed by atoms with van der Waals surface area (Å²) in [4.78, 5) is 2.48. The Morgan fingerprint density at radius 3 is 3.00 bits per heavy atom. The van der Waals surface area contributed by atoms with Gasteiger partial charge in [0.15, 0.2) is 0 Å². The van der Waals surface area contributed by atoms with Crippen LogP contribution in [0.5, 0.6) is 0 Å². The second kappa shape index (κ2) is 5.98. The van der Waals surface area contributed by atoms with Crippen molar-refractivity contribution in [3.63, 3.8) is 0 Å². The zero-order valence-electron chi connectivity index (χ0n) is 11.8. The third-order valence-corrected chi connectivity index (χ3v) is 4.23. The summed E-state index contributed by atoms with van der Waals surface area (Å²) in [5.74, 6) is 0.599. The van der Waals surface area contributed by atoms with Gasteiger partial charge in [-0.25, -0.2) is 0 Å².